The van der Waals surface area contributed by atoms with E-state index in [0.29, 0.717) is 17.3 Å². The van der Waals surface area contributed by atoms with E-state index in [9.17, 15) is 9.59 Å². The SMILES string of the molecule is COc1ccc(CC(=O)NC(C)c2nc3ccccc3n2CC(=O)N2CCCC2)cc1OC. The van der Waals surface area contributed by atoms with Crippen molar-refractivity contribution in [3.8, 4) is 11.5 Å². The second-order valence-electron chi connectivity index (χ2n) is 8.29. The first-order valence-corrected chi connectivity index (χ1v) is 11.2. The van der Waals surface area contributed by atoms with Crippen LogP contribution in [0.4, 0.5) is 0 Å². The molecule has 33 heavy (non-hydrogen) atoms. The number of aromatic nitrogens is 2. The van der Waals surface area contributed by atoms with Crippen LogP contribution in [0.2, 0.25) is 0 Å². The molecule has 0 aliphatic carbocycles. The molecule has 0 saturated carbocycles. The van der Waals surface area contributed by atoms with E-state index in [2.05, 4.69) is 5.32 Å². The normalized spacial score (nSPS) is 14.3. The molecule has 174 valence electrons. The zero-order valence-electron chi connectivity index (χ0n) is 19.3. The maximum absolute atomic E-state index is 12.9. The lowest BCUT2D eigenvalue weighted by Gasteiger charge is -2.19. The highest BCUT2D eigenvalue weighted by Gasteiger charge is 2.23. The van der Waals surface area contributed by atoms with Crippen LogP contribution in [0.1, 0.15) is 37.2 Å². The fourth-order valence-corrected chi connectivity index (χ4v) is 4.33. The predicted octanol–water partition coefficient (Wildman–Crippen LogP) is 3.10. The van der Waals surface area contributed by atoms with Crippen LogP contribution in [0.25, 0.3) is 11.0 Å². The van der Waals surface area contributed by atoms with E-state index >= 15 is 0 Å². The van der Waals surface area contributed by atoms with Crippen LogP contribution in [-0.2, 0) is 22.6 Å². The quantitative estimate of drug-likeness (QED) is 0.570. The fraction of sp³-hybridized carbons (Fsp3) is 0.400. The standard InChI is InChI=1S/C25H30N4O4/c1-17(26-23(30)15-18-10-11-21(32-2)22(14-18)33-3)25-27-19-8-4-5-9-20(19)29(25)16-24(31)28-12-6-7-13-28/h4-5,8-11,14,17H,6-7,12-13,15-16H2,1-3H3,(H,26,30). The second kappa shape index (κ2) is 9.94. The third-order valence-corrected chi connectivity index (χ3v) is 6.01. The molecular weight excluding hydrogens is 420 g/mol. The number of hydrogen-bond donors (Lipinski definition) is 1. The van der Waals surface area contributed by atoms with E-state index in [1.165, 1.54) is 0 Å². The van der Waals surface area contributed by atoms with Gasteiger partial charge >= 0.3 is 0 Å². The second-order valence-corrected chi connectivity index (χ2v) is 8.29. The van der Waals surface area contributed by atoms with Gasteiger partial charge in [0.15, 0.2) is 11.5 Å². The van der Waals surface area contributed by atoms with Crippen molar-refractivity contribution in [2.45, 2.75) is 38.8 Å². The maximum atomic E-state index is 12.9. The minimum absolute atomic E-state index is 0.0840. The van der Waals surface area contributed by atoms with Gasteiger partial charge in [0.05, 0.1) is 37.7 Å². The molecule has 1 aliphatic rings. The number of amides is 2. The largest absolute Gasteiger partial charge is 0.493 e. The van der Waals surface area contributed by atoms with Crippen molar-refractivity contribution in [2.24, 2.45) is 0 Å². The number of hydrogen-bond acceptors (Lipinski definition) is 5. The van der Waals surface area contributed by atoms with Gasteiger partial charge in [0.1, 0.15) is 12.4 Å². The van der Waals surface area contributed by atoms with E-state index in [-0.39, 0.29) is 30.8 Å². The molecule has 2 heterocycles. The topological polar surface area (TPSA) is 85.7 Å². The van der Waals surface area contributed by atoms with Crippen molar-refractivity contribution in [2.75, 3.05) is 27.3 Å². The van der Waals surface area contributed by atoms with Crippen LogP contribution in [0.3, 0.4) is 0 Å². The van der Waals surface area contributed by atoms with E-state index in [4.69, 9.17) is 14.5 Å². The number of benzene rings is 2. The Morgan fingerprint density at radius 2 is 1.79 bits per heavy atom. The molecule has 4 rings (SSSR count). The number of nitrogens with one attached hydrogen (secondary N) is 1. The Balaban J connectivity index is 1.52. The Hall–Kier alpha value is -3.55. The molecule has 0 spiro atoms. The Morgan fingerprint density at radius 3 is 2.52 bits per heavy atom. The van der Waals surface area contributed by atoms with Crippen LogP contribution in [-0.4, -0.2) is 53.6 Å². The number of methoxy groups -OCH3 is 2. The van der Waals surface area contributed by atoms with E-state index < -0.39 is 0 Å². The van der Waals surface area contributed by atoms with Gasteiger partial charge in [-0.3, -0.25) is 9.59 Å². The van der Waals surface area contributed by atoms with E-state index in [0.717, 1.165) is 42.5 Å². The molecule has 0 radical (unpaired) electrons. The van der Waals surface area contributed by atoms with Crippen LogP contribution in [0.15, 0.2) is 42.5 Å². The summed E-state index contributed by atoms with van der Waals surface area (Å²) in [5.74, 6) is 1.81. The molecule has 1 N–H and O–H groups in total. The number of fused-ring (bicyclic) bond motifs is 1. The fourth-order valence-electron chi connectivity index (χ4n) is 4.33. The molecule has 8 nitrogen and oxygen atoms in total. The number of nitrogens with zero attached hydrogens (tertiary/aromatic N) is 3. The lowest BCUT2D eigenvalue weighted by Crippen LogP contribution is -2.34. The van der Waals surface area contributed by atoms with Crippen LogP contribution < -0.4 is 14.8 Å². The van der Waals surface area contributed by atoms with Gasteiger partial charge in [0, 0.05) is 13.1 Å². The first kappa shape index (κ1) is 22.6. The first-order valence-electron chi connectivity index (χ1n) is 11.2. The summed E-state index contributed by atoms with van der Waals surface area (Å²) in [6, 6.07) is 12.8. The highest BCUT2D eigenvalue weighted by molar-refractivity contribution is 5.82. The highest BCUT2D eigenvalue weighted by Crippen LogP contribution is 2.28. The smallest absolute Gasteiger partial charge is 0.242 e. The predicted molar refractivity (Wildman–Crippen MR) is 125 cm³/mol. The molecule has 3 aromatic rings. The Labute approximate surface area is 193 Å². The molecule has 1 fully saturated rings. The minimum Gasteiger partial charge on any atom is -0.493 e. The first-order chi connectivity index (χ1) is 16.0. The average molecular weight is 451 g/mol. The number of likely N-dealkylation sites (tertiary alicyclic amines) is 1. The molecule has 1 saturated heterocycles. The van der Waals surface area contributed by atoms with Crippen molar-refractivity contribution >= 4 is 22.8 Å². The van der Waals surface area contributed by atoms with Gasteiger partial charge in [-0.25, -0.2) is 4.98 Å². The number of carbonyl (C=O) groups excluding carboxylic acids is 2. The number of ether oxygens (including phenoxy) is 2. The van der Waals surface area contributed by atoms with Gasteiger partial charge in [-0.1, -0.05) is 18.2 Å². The lowest BCUT2D eigenvalue weighted by molar-refractivity contribution is -0.130. The zero-order chi connectivity index (χ0) is 23.4. The van der Waals surface area contributed by atoms with Gasteiger partial charge < -0.3 is 24.3 Å². The van der Waals surface area contributed by atoms with E-state index in [1.807, 2.05) is 46.7 Å². The Morgan fingerprint density at radius 1 is 1.06 bits per heavy atom. The number of para-hydroxylation sites is 2. The minimum atomic E-state index is -0.364. The molecule has 1 aromatic heterocycles. The van der Waals surface area contributed by atoms with Crippen LogP contribution in [0.5, 0.6) is 11.5 Å². The molecule has 1 atom stereocenters. The van der Waals surface area contributed by atoms with Crippen molar-refractivity contribution in [1.82, 2.24) is 19.8 Å². The lowest BCUT2D eigenvalue weighted by atomic mass is 10.1. The van der Waals surface area contributed by atoms with Crippen molar-refractivity contribution in [1.29, 1.82) is 0 Å². The van der Waals surface area contributed by atoms with Crippen molar-refractivity contribution in [3.63, 3.8) is 0 Å². The van der Waals surface area contributed by atoms with Gasteiger partial charge in [-0.2, -0.15) is 0 Å². The molecule has 2 aromatic carbocycles. The Bertz CT molecular complexity index is 1150. The zero-order valence-corrected chi connectivity index (χ0v) is 19.3. The highest BCUT2D eigenvalue weighted by atomic mass is 16.5. The summed E-state index contributed by atoms with van der Waals surface area (Å²) in [5, 5.41) is 3.04. The monoisotopic (exact) mass is 450 g/mol. The van der Waals surface area contributed by atoms with Crippen molar-refractivity contribution < 1.29 is 19.1 Å². The third kappa shape index (κ3) is 4.94. The number of imidazole rings is 1. The summed E-state index contributed by atoms with van der Waals surface area (Å²) in [7, 11) is 3.14. The number of rotatable bonds is 8. The van der Waals surface area contributed by atoms with Gasteiger partial charge in [0.25, 0.3) is 0 Å². The molecule has 8 heteroatoms. The summed E-state index contributed by atoms with van der Waals surface area (Å²) in [6.07, 6.45) is 2.29. The van der Waals surface area contributed by atoms with E-state index in [1.54, 1.807) is 26.4 Å². The van der Waals surface area contributed by atoms with Crippen LogP contribution >= 0.6 is 0 Å². The van der Waals surface area contributed by atoms with Gasteiger partial charge in [-0.15, -0.1) is 0 Å². The molecule has 1 unspecified atom stereocenters. The molecule has 0 bridgehead atoms. The summed E-state index contributed by atoms with van der Waals surface area (Å²) in [4.78, 5) is 32.3. The maximum Gasteiger partial charge on any atom is 0.242 e. The van der Waals surface area contributed by atoms with Crippen LogP contribution in [0, 0.1) is 0 Å². The Kier molecular flexibility index (Phi) is 6.82. The van der Waals surface area contributed by atoms with Gasteiger partial charge in [0.2, 0.25) is 11.8 Å². The number of carbonyl (C=O) groups is 2. The van der Waals surface area contributed by atoms with Gasteiger partial charge in [-0.05, 0) is 49.6 Å². The average Bonchev–Trinajstić information content (AvgIpc) is 3.48. The molecule has 2 amide bonds. The molecule has 1 aliphatic heterocycles. The van der Waals surface area contributed by atoms with Crippen molar-refractivity contribution in [3.05, 3.63) is 53.9 Å². The third-order valence-electron chi connectivity index (χ3n) is 6.01. The summed E-state index contributed by atoms with van der Waals surface area (Å²) in [5.41, 5.74) is 2.51. The summed E-state index contributed by atoms with van der Waals surface area (Å²) in [6.45, 7) is 3.72. The summed E-state index contributed by atoms with van der Waals surface area (Å²) < 4.78 is 12.5. The molecular formula is C25H30N4O4. The summed E-state index contributed by atoms with van der Waals surface area (Å²) >= 11 is 0.